The van der Waals surface area contributed by atoms with Crippen molar-refractivity contribution in [2.75, 3.05) is 5.75 Å². The van der Waals surface area contributed by atoms with Crippen molar-refractivity contribution in [1.82, 2.24) is 0 Å². The molecule has 0 amide bonds. The number of hydrogen-bond acceptors (Lipinski definition) is 4. The minimum absolute atomic E-state index is 0.0826. The number of carbonyl (C=O) groups excluding carboxylic acids is 2. The van der Waals surface area contributed by atoms with Crippen molar-refractivity contribution in [3.8, 4) is 0 Å². The number of thiol groups is 1. The fourth-order valence-electron chi connectivity index (χ4n) is 0.594. The van der Waals surface area contributed by atoms with Crippen LogP contribution in [0.3, 0.4) is 0 Å². The van der Waals surface area contributed by atoms with E-state index in [1.165, 1.54) is 0 Å². The monoisotopic (exact) mass is 190 g/mol. The zero-order valence-corrected chi connectivity index (χ0v) is 8.48. The Kier molecular flexibility index (Phi) is 4.31. The highest BCUT2D eigenvalue weighted by molar-refractivity contribution is 7.81. The van der Waals surface area contributed by atoms with Gasteiger partial charge in [0, 0.05) is 5.75 Å². The van der Waals surface area contributed by atoms with Gasteiger partial charge in [-0.1, -0.05) is 0 Å². The topological polar surface area (TPSA) is 43.4 Å². The third-order valence-electron chi connectivity index (χ3n) is 0.938. The van der Waals surface area contributed by atoms with Crippen LogP contribution in [0.1, 0.15) is 27.2 Å². The summed E-state index contributed by atoms with van der Waals surface area (Å²) in [5, 5.41) is 0. The molecule has 0 aromatic heterocycles. The van der Waals surface area contributed by atoms with Crippen molar-refractivity contribution < 1.29 is 14.3 Å². The van der Waals surface area contributed by atoms with E-state index >= 15 is 0 Å². The summed E-state index contributed by atoms with van der Waals surface area (Å²) in [4.78, 5) is 21.7. The molecule has 0 unspecified atom stereocenters. The van der Waals surface area contributed by atoms with E-state index in [0.29, 0.717) is 0 Å². The van der Waals surface area contributed by atoms with E-state index in [4.69, 9.17) is 4.74 Å². The molecule has 0 aromatic carbocycles. The van der Waals surface area contributed by atoms with Crippen LogP contribution in [0.4, 0.5) is 0 Å². The van der Waals surface area contributed by atoms with Crippen LogP contribution in [0.25, 0.3) is 0 Å². The number of Topliss-reactive ketones (excluding diaryl/α,β-unsaturated/α-hetero) is 1. The number of rotatable bonds is 3. The third-order valence-corrected chi connectivity index (χ3v) is 1.29. The molecule has 0 aromatic rings. The third kappa shape index (κ3) is 6.22. The van der Waals surface area contributed by atoms with Crippen LogP contribution in [0.15, 0.2) is 0 Å². The van der Waals surface area contributed by atoms with Crippen molar-refractivity contribution in [2.24, 2.45) is 0 Å². The Bertz CT molecular complexity index is 181. The number of ether oxygens (including phenoxy) is 1. The fourth-order valence-corrected chi connectivity index (χ4v) is 0.706. The van der Waals surface area contributed by atoms with E-state index in [1.807, 2.05) is 0 Å². The molecule has 0 saturated heterocycles. The Balaban J connectivity index is 3.83. The van der Waals surface area contributed by atoms with Crippen molar-refractivity contribution >= 4 is 24.4 Å². The molecule has 0 spiro atoms. The predicted molar refractivity (Wildman–Crippen MR) is 49.3 cm³/mol. The molecule has 0 fully saturated rings. The Morgan fingerprint density at radius 2 is 1.83 bits per heavy atom. The van der Waals surface area contributed by atoms with Gasteiger partial charge < -0.3 is 4.74 Å². The van der Waals surface area contributed by atoms with E-state index < -0.39 is 11.6 Å². The van der Waals surface area contributed by atoms with Gasteiger partial charge in [0.15, 0.2) is 5.78 Å². The van der Waals surface area contributed by atoms with Crippen LogP contribution < -0.4 is 0 Å². The number of hydrogen-bond donors (Lipinski definition) is 1. The van der Waals surface area contributed by atoms with Gasteiger partial charge in [0.1, 0.15) is 12.0 Å². The molecule has 0 bridgehead atoms. The maximum absolute atomic E-state index is 11.0. The van der Waals surface area contributed by atoms with Crippen LogP contribution in [0.5, 0.6) is 0 Å². The summed E-state index contributed by atoms with van der Waals surface area (Å²) in [6.45, 7) is 5.28. The molecule has 12 heavy (non-hydrogen) atoms. The minimum Gasteiger partial charge on any atom is -0.460 e. The highest BCUT2D eigenvalue weighted by Gasteiger charge is 2.17. The smallest absolute Gasteiger partial charge is 0.313 e. The lowest BCUT2D eigenvalue weighted by Crippen LogP contribution is -2.25. The predicted octanol–water partition coefficient (Wildman–Crippen LogP) is 1.22. The van der Waals surface area contributed by atoms with Crippen molar-refractivity contribution in [3.63, 3.8) is 0 Å². The van der Waals surface area contributed by atoms with Gasteiger partial charge in [-0.15, -0.1) is 0 Å². The Hall–Kier alpha value is -0.510. The molecule has 3 nitrogen and oxygen atoms in total. The van der Waals surface area contributed by atoms with E-state index in [-0.39, 0.29) is 18.0 Å². The summed E-state index contributed by atoms with van der Waals surface area (Å²) in [6, 6.07) is 0. The average molecular weight is 190 g/mol. The summed E-state index contributed by atoms with van der Waals surface area (Å²) in [5.41, 5.74) is -0.520. The molecule has 0 rings (SSSR count). The molecule has 0 heterocycles. The fraction of sp³-hybridized carbons (Fsp3) is 0.750. The van der Waals surface area contributed by atoms with Gasteiger partial charge in [-0.3, -0.25) is 9.59 Å². The first-order valence-corrected chi connectivity index (χ1v) is 4.33. The van der Waals surface area contributed by atoms with Gasteiger partial charge in [0.05, 0.1) is 0 Å². The molecule has 0 radical (unpaired) electrons. The Morgan fingerprint density at radius 3 is 2.17 bits per heavy atom. The lowest BCUT2D eigenvalue weighted by molar-refractivity contribution is -0.155. The molecule has 70 valence electrons. The average Bonchev–Trinajstić information content (AvgIpc) is 1.82. The Morgan fingerprint density at radius 1 is 1.33 bits per heavy atom. The molecule has 0 saturated carbocycles. The van der Waals surface area contributed by atoms with E-state index in [1.54, 1.807) is 20.8 Å². The largest absolute Gasteiger partial charge is 0.460 e. The Labute approximate surface area is 77.9 Å². The summed E-state index contributed by atoms with van der Waals surface area (Å²) < 4.78 is 4.92. The molecular weight excluding hydrogens is 176 g/mol. The quantitative estimate of drug-likeness (QED) is 0.413. The number of carbonyl (C=O) groups is 2. The maximum atomic E-state index is 11.0. The van der Waals surface area contributed by atoms with Gasteiger partial charge in [-0.05, 0) is 20.8 Å². The standard InChI is InChI=1S/C8H14O3S/c1-8(2,3)11-7(10)4-6(9)5-12/h12H,4-5H2,1-3H3. The lowest BCUT2D eigenvalue weighted by atomic mass is 10.2. The van der Waals surface area contributed by atoms with Crippen LogP contribution in [-0.2, 0) is 14.3 Å². The first-order chi connectivity index (χ1) is 5.35. The first-order valence-electron chi connectivity index (χ1n) is 3.69. The highest BCUT2D eigenvalue weighted by atomic mass is 32.1. The van der Waals surface area contributed by atoms with Crippen LogP contribution >= 0.6 is 12.6 Å². The minimum atomic E-state index is -0.520. The maximum Gasteiger partial charge on any atom is 0.313 e. The molecule has 4 heteroatoms. The molecule has 0 aliphatic heterocycles. The molecular formula is C8H14O3S. The van der Waals surface area contributed by atoms with Crippen molar-refractivity contribution in [2.45, 2.75) is 32.8 Å². The van der Waals surface area contributed by atoms with Gasteiger partial charge >= 0.3 is 5.97 Å². The number of esters is 1. The zero-order chi connectivity index (χ0) is 9.78. The summed E-state index contributed by atoms with van der Waals surface area (Å²) in [5.74, 6) is -0.617. The van der Waals surface area contributed by atoms with Gasteiger partial charge in [0.25, 0.3) is 0 Å². The first kappa shape index (κ1) is 11.5. The molecule has 0 atom stereocenters. The van der Waals surface area contributed by atoms with Crippen LogP contribution in [0.2, 0.25) is 0 Å². The van der Waals surface area contributed by atoms with E-state index in [9.17, 15) is 9.59 Å². The van der Waals surface area contributed by atoms with Crippen LogP contribution in [0, 0.1) is 0 Å². The lowest BCUT2D eigenvalue weighted by Gasteiger charge is -2.18. The summed E-state index contributed by atoms with van der Waals surface area (Å²) >= 11 is 3.74. The van der Waals surface area contributed by atoms with Gasteiger partial charge in [0.2, 0.25) is 0 Å². The number of ketones is 1. The molecule has 0 aliphatic rings. The molecule has 0 N–H and O–H groups in total. The highest BCUT2D eigenvalue weighted by Crippen LogP contribution is 2.08. The van der Waals surface area contributed by atoms with Gasteiger partial charge in [-0.25, -0.2) is 0 Å². The molecule has 0 aliphatic carbocycles. The van der Waals surface area contributed by atoms with Crippen LogP contribution in [-0.4, -0.2) is 23.1 Å². The SMILES string of the molecule is CC(C)(C)OC(=O)CC(=O)CS. The van der Waals surface area contributed by atoms with Crippen molar-refractivity contribution in [3.05, 3.63) is 0 Å². The van der Waals surface area contributed by atoms with E-state index in [0.717, 1.165) is 0 Å². The van der Waals surface area contributed by atoms with Crippen molar-refractivity contribution in [1.29, 1.82) is 0 Å². The second-order valence-electron chi connectivity index (χ2n) is 3.46. The van der Waals surface area contributed by atoms with Gasteiger partial charge in [-0.2, -0.15) is 12.6 Å². The zero-order valence-electron chi connectivity index (χ0n) is 7.59. The summed E-state index contributed by atoms with van der Waals surface area (Å²) in [7, 11) is 0. The second kappa shape index (κ2) is 4.50. The second-order valence-corrected chi connectivity index (χ2v) is 3.78. The van der Waals surface area contributed by atoms with E-state index in [2.05, 4.69) is 12.6 Å². The normalized spacial score (nSPS) is 11.0. The summed E-state index contributed by atoms with van der Waals surface area (Å²) in [6.07, 6.45) is -0.180.